The summed E-state index contributed by atoms with van der Waals surface area (Å²) in [6.45, 7) is 4.24. The van der Waals surface area contributed by atoms with Crippen LogP contribution >= 0.6 is 0 Å². The van der Waals surface area contributed by atoms with Crippen LogP contribution in [0.3, 0.4) is 0 Å². The predicted molar refractivity (Wildman–Crippen MR) is 118 cm³/mol. The predicted octanol–water partition coefficient (Wildman–Crippen LogP) is 7.74. The quantitative estimate of drug-likeness (QED) is 0.366. The van der Waals surface area contributed by atoms with Crippen molar-refractivity contribution >= 4 is 0 Å². The van der Waals surface area contributed by atoms with Gasteiger partial charge in [0.05, 0.1) is 6.10 Å². The monoisotopic (exact) mass is 410 g/mol. The number of hydrogen-bond donors (Lipinski definition) is 1. The third-order valence-corrected chi connectivity index (χ3v) is 5.23. The smallest absolute Gasteiger partial charge is 0.167 e. The Kier molecular flexibility index (Phi) is 7.45. The zero-order valence-corrected chi connectivity index (χ0v) is 17.5. The number of ether oxygens (including phenoxy) is 1. The van der Waals surface area contributed by atoms with Crippen LogP contribution in [-0.2, 0) is 0 Å². The molecule has 30 heavy (non-hydrogen) atoms. The second kappa shape index (κ2) is 10.2. The molecule has 3 aromatic rings. The molecule has 1 unspecified atom stereocenters. The Morgan fingerprint density at radius 1 is 0.767 bits per heavy atom. The summed E-state index contributed by atoms with van der Waals surface area (Å²) in [6.07, 6.45) is 5.93. The van der Waals surface area contributed by atoms with E-state index in [9.17, 15) is 13.9 Å². The highest BCUT2D eigenvalue weighted by Crippen LogP contribution is 2.32. The molecule has 0 aromatic heterocycles. The fourth-order valence-corrected chi connectivity index (χ4v) is 3.50. The summed E-state index contributed by atoms with van der Waals surface area (Å²) in [7, 11) is 0. The van der Waals surface area contributed by atoms with Gasteiger partial charge in [0, 0.05) is 11.1 Å². The summed E-state index contributed by atoms with van der Waals surface area (Å²) in [5.74, 6) is -0.991. The molecule has 0 amide bonds. The highest BCUT2D eigenvalue weighted by Gasteiger charge is 2.16. The van der Waals surface area contributed by atoms with Crippen LogP contribution in [0.5, 0.6) is 11.5 Å². The maximum atomic E-state index is 14.8. The first-order valence-corrected chi connectivity index (χ1v) is 10.5. The van der Waals surface area contributed by atoms with Gasteiger partial charge >= 0.3 is 0 Å². The fourth-order valence-electron chi connectivity index (χ4n) is 3.50. The van der Waals surface area contributed by atoms with Crippen LogP contribution in [0.2, 0.25) is 0 Å². The largest absolute Gasteiger partial charge is 0.508 e. The molecule has 0 aliphatic carbocycles. The molecular weight excluding hydrogens is 382 g/mol. The van der Waals surface area contributed by atoms with Crippen molar-refractivity contribution in [3.63, 3.8) is 0 Å². The van der Waals surface area contributed by atoms with E-state index in [0.29, 0.717) is 11.1 Å². The number of hydrogen-bond acceptors (Lipinski definition) is 2. The number of aromatic hydroxyl groups is 1. The van der Waals surface area contributed by atoms with Gasteiger partial charge < -0.3 is 9.84 Å². The molecule has 0 radical (unpaired) electrons. The van der Waals surface area contributed by atoms with Crippen molar-refractivity contribution in [2.45, 2.75) is 52.1 Å². The summed E-state index contributed by atoms with van der Waals surface area (Å²) in [5, 5.41) is 9.38. The minimum atomic E-state index is -0.904. The molecule has 0 fully saturated rings. The Labute approximate surface area is 177 Å². The maximum Gasteiger partial charge on any atom is 0.167 e. The van der Waals surface area contributed by atoms with Gasteiger partial charge in [0.15, 0.2) is 11.6 Å². The molecule has 1 N–H and O–H groups in total. The van der Waals surface area contributed by atoms with Crippen LogP contribution in [0.4, 0.5) is 8.78 Å². The third-order valence-electron chi connectivity index (χ3n) is 5.23. The Balaban J connectivity index is 1.71. The minimum Gasteiger partial charge on any atom is -0.508 e. The number of unbranched alkanes of at least 4 members (excludes halogenated alkanes) is 3. The molecule has 0 bridgehead atoms. The molecule has 3 aromatic carbocycles. The molecule has 2 nitrogen and oxygen atoms in total. The number of halogens is 2. The zero-order chi connectivity index (χ0) is 21.5. The van der Waals surface area contributed by atoms with Crippen LogP contribution in [0.15, 0.2) is 60.7 Å². The molecule has 1 atom stereocenters. The van der Waals surface area contributed by atoms with Crippen molar-refractivity contribution in [2.75, 3.05) is 0 Å². The van der Waals surface area contributed by atoms with Gasteiger partial charge in [-0.2, -0.15) is 0 Å². The SMILES string of the molecule is CCCCCCC(C)Oc1ccc(-c2ccc(-c3ccc(O)cc3)c(F)c2F)cc1. The van der Waals surface area contributed by atoms with E-state index >= 15 is 0 Å². The van der Waals surface area contributed by atoms with Crippen LogP contribution in [0, 0.1) is 11.6 Å². The first-order chi connectivity index (χ1) is 14.5. The van der Waals surface area contributed by atoms with Crippen LogP contribution in [-0.4, -0.2) is 11.2 Å². The van der Waals surface area contributed by atoms with Crippen LogP contribution < -0.4 is 4.74 Å². The second-order valence-electron chi connectivity index (χ2n) is 7.64. The Morgan fingerprint density at radius 2 is 1.30 bits per heavy atom. The number of benzene rings is 3. The van der Waals surface area contributed by atoms with E-state index in [0.717, 1.165) is 18.6 Å². The van der Waals surface area contributed by atoms with Crippen molar-refractivity contribution < 1.29 is 18.6 Å². The lowest BCUT2D eigenvalue weighted by atomic mass is 9.98. The standard InChI is InChI=1S/C26H28F2O2/c1-3-4-5-6-7-18(2)30-22-14-10-20(11-15-22)24-17-16-23(25(27)26(24)28)19-8-12-21(29)13-9-19/h8-18,29H,3-7H2,1-2H3. The molecule has 0 aliphatic rings. The first kappa shape index (κ1) is 21.8. The first-order valence-electron chi connectivity index (χ1n) is 10.5. The average Bonchev–Trinajstić information content (AvgIpc) is 2.75. The summed E-state index contributed by atoms with van der Waals surface area (Å²) in [4.78, 5) is 0. The normalized spacial score (nSPS) is 12.0. The van der Waals surface area contributed by atoms with Gasteiger partial charge in [-0.15, -0.1) is 0 Å². The highest BCUT2D eigenvalue weighted by molar-refractivity contribution is 5.72. The van der Waals surface area contributed by atoms with Gasteiger partial charge in [0.25, 0.3) is 0 Å². The van der Waals surface area contributed by atoms with Crippen molar-refractivity contribution in [2.24, 2.45) is 0 Å². The summed E-state index contributed by atoms with van der Waals surface area (Å²) < 4.78 is 35.4. The molecule has 0 saturated carbocycles. The molecular formula is C26H28F2O2. The molecule has 0 heterocycles. The maximum absolute atomic E-state index is 14.8. The van der Waals surface area contributed by atoms with Gasteiger partial charge in [-0.25, -0.2) is 8.78 Å². The molecule has 158 valence electrons. The lowest BCUT2D eigenvalue weighted by molar-refractivity contribution is 0.206. The van der Waals surface area contributed by atoms with Gasteiger partial charge in [0.2, 0.25) is 0 Å². The van der Waals surface area contributed by atoms with Crippen LogP contribution in [0.1, 0.15) is 46.0 Å². The Morgan fingerprint density at radius 3 is 1.83 bits per heavy atom. The highest BCUT2D eigenvalue weighted by atomic mass is 19.2. The third kappa shape index (κ3) is 5.38. The van der Waals surface area contributed by atoms with E-state index in [4.69, 9.17) is 4.74 Å². The van der Waals surface area contributed by atoms with Crippen molar-refractivity contribution in [1.29, 1.82) is 0 Å². The lowest BCUT2D eigenvalue weighted by Crippen LogP contribution is -2.11. The van der Waals surface area contributed by atoms with E-state index in [1.807, 2.05) is 0 Å². The van der Waals surface area contributed by atoms with E-state index in [-0.39, 0.29) is 23.0 Å². The fraction of sp³-hybridized carbons (Fsp3) is 0.308. The topological polar surface area (TPSA) is 29.5 Å². The molecule has 3 rings (SSSR count). The van der Waals surface area contributed by atoms with E-state index in [1.165, 1.54) is 31.4 Å². The second-order valence-corrected chi connectivity index (χ2v) is 7.64. The summed E-state index contributed by atoms with van der Waals surface area (Å²) >= 11 is 0. The van der Waals surface area contributed by atoms with Gasteiger partial charge in [-0.05, 0) is 55.2 Å². The van der Waals surface area contributed by atoms with E-state index in [2.05, 4.69) is 13.8 Å². The molecule has 4 heteroatoms. The number of phenolic OH excluding ortho intramolecular Hbond substituents is 1. The minimum absolute atomic E-state index is 0.0776. The number of rotatable bonds is 9. The van der Waals surface area contributed by atoms with E-state index in [1.54, 1.807) is 48.5 Å². The van der Waals surface area contributed by atoms with Gasteiger partial charge in [-0.3, -0.25) is 0 Å². The van der Waals surface area contributed by atoms with Crippen molar-refractivity contribution in [3.05, 3.63) is 72.3 Å². The molecule has 0 aliphatic heterocycles. The van der Waals surface area contributed by atoms with Gasteiger partial charge in [-0.1, -0.05) is 62.6 Å². The van der Waals surface area contributed by atoms with Gasteiger partial charge in [0.1, 0.15) is 11.5 Å². The summed E-state index contributed by atoms with van der Waals surface area (Å²) in [6, 6.07) is 16.2. The van der Waals surface area contributed by atoms with Crippen molar-refractivity contribution in [3.8, 4) is 33.8 Å². The summed E-state index contributed by atoms with van der Waals surface area (Å²) in [5.41, 5.74) is 1.46. The van der Waals surface area contributed by atoms with Crippen molar-refractivity contribution in [1.82, 2.24) is 0 Å². The zero-order valence-electron chi connectivity index (χ0n) is 17.5. The molecule has 0 spiro atoms. The molecule has 0 saturated heterocycles. The Hall–Kier alpha value is -2.88. The number of phenols is 1. The van der Waals surface area contributed by atoms with Crippen LogP contribution in [0.25, 0.3) is 22.3 Å². The Bertz CT molecular complexity index is 950. The lowest BCUT2D eigenvalue weighted by Gasteiger charge is -2.15. The van der Waals surface area contributed by atoms with E-state index < -0.39 is 11.6 Å². The average molecular weight is 411 g/mol.